The largest absolute Gasteiger partial charge is 0.482 e. The molecule has 2 amide bonds. The van der Waals surface area contributed by atoms with E-state index in [9.17, 15) is 14.0 Å². The summed E-state index contributed by atoms with van der Waals surface area (Å²) in [4.78, 5) is 28.8. The molecule has 4 rings (SSSR count). The van der Waals surface area contributed by atoms with Gasteiger partial charge in [0.15, 0.2) is 0 Å². The number of carbonyl (C=O) groups excluding carboxylic acids is 2. The molecule has 2 aliphatic heterocycles. The van der Waals surface area contributed by atoms with Crippen molar-refractivity contribution in [3.8, 4) is 5.75 Å². The summed E-state index contributed by atoms with van der Waals surface area (Å²) in [7, 11) is 0. The first-order valence-electron chi connectivity index (χ1n) is 12.6. The number of halogens is 1. The molecule has 0 atom stereocenters. The van der Waals surface area contributed by atoms with E-state index in [0.29, 0.717) is 55.9 Å². The summed E-state index contributed by atoms with van der Waals surface area (Å²) in [6.07, 6.45) is 2.91. The number of hydrogen-bond acceptors (Lipinski definition) is 4. The van der Waals surface area contributed by atoms with E-state index in [-0.39, 0.29) is 17.8 Å². The van der Waals surface area contributed by atoms with E-state index in [2.05, 4.69) is 6.08 Å². The number of rotatable bonds is 4. The van der Waals surface area contributed by atoms with Crippen molar-refractivity contribution in [2.75, 3.05) is 26.2 Å². The lowest BCUT2D eigenvalue weighted by Crippen LogP contribution is -2.50. The lowest BCUT2D eigenvalue weighted by atomic mass is 9.83. The van der Waals surface area contributed by atoms with Gasteiger partial charge in [-0.1, -0.05) is 12.1 Å². The fraction of sp³-hybridized carbons (Fsp3) is 0.448. The van der Waals surface area contributed by atoms with Crippen LogP contribution in [0.4, 0.5) is 9.18 Å². The highest BCUT2D eigenvalue weighted by Crippen LogP contribution is 2.43. The van der Waals surface area contributed by atoms with E-state index < -0.39 is 11.2 Å². The zero-order valence-corrected chi connectivity index (χ0v) is 21.8. The molecule has 0 N–H and O–H groups in total. The van der Waals surface area contributed by atoms with Crippen LogP contribution in [0.5, 0.6) is 5.75 Å². The molecular formula is C29H35FN2O4. The molecule has 0 saturated carbocycles. The molecule has 1 fully saturated rings. The summed E-state index contributed by atoms with van der Waals surface area (Å²) in [5.74, 6) is 0.264. The highest BCUT2D eigenvalue weighted by molar-refractivity contribution is 5.95. The molecule has 2 aliphatic rings. The number of ether oxygens (including phenoxy) is 2. The molecule has 1 spiro atoms. The van der Waals surface area contributed by atoms with Crippen molar-refractivity contribution in [2.24, 2.45) is 0 Å². The third-order valence-corrected chi connectivity index (χ3v) is 6.71. The van der Waals surface area contributed by atoms with Gasteiger partial charge in [0.05, 0.1) is 0 Å². The Labute approximate surface area is 212 Å². The maximum Gasteiger partial charge on any atom is 0.410 e. The van der Waals surface area contributed by atoms with Crippen LogP contribution >= 0.6 is 0 Å². The minimum Gasteiger partial charge on any atom is -0.482 e. The quantitative estimate of drug-likeness (QED) is 0.531. The molecule has 7 heteroatoms. The smallest absolute Gasteiger partial charge is 0.410 e. The summed E-state index contributed by atoms with van der Waals surface area (Å²) >= 11 is 0. The van der Waals surface area contributed by atoms with E-state index in [4.69, 9.17) is 9.47 Å². The standard InChI is InChI=1S/C29H35FN2O4/c1-6-31(7-2)26(33)21-10-8-20(9-11-21)24-19-29(35-25-13-12-22(30)18-23(24)25)14-16-32(17-15-29)27(34)36-28(3,4)5/h8-13,18-19H,6-7,14-17H2,1-5H3. The summed E-state index contributed by atoms with van der Waals surface area (Å²) in [5.41, 5.74) is 1.88. The van der Waals surface area contributed by atoms with Crippen LogP contribution in [0.2, 0.25) is 0 Å². The monoisotopic (exact) mass is 494 g/mol. The third-order valence-electron chi connectivity index (χ3n) is 6.71. The normalized spacial score (nSPS) is 16.6. The molecule has 0 aliphatic carbocycles. The zero-order valence-electron chi connectivity index (χ0n) is 21.8. The molecule has 192 valence electrons. The van der Waals surface area contributed by atoms with Crippen molar-refractivity contribution >= 4 is 17.6 Å². The van der Waals surface area contributed by atoms with Crippen molar-refractivity contribution in [1.29, 1.82) is 0 Å². The highest BCUT2D eigenvalue weighted by atomic mass is 19.1. The molecule has 36 heavy (non-hydrogen) atoms. The number of fused-ring (bicyclic) bond motifs is 1. The van der Waals surface area contributed by atoms with Crippen molar-refractivity contribution < 1.29 is 23.5 Å². The molecule has 0 unspecified atom stereocenters. The van der Waals surface area contributed by atoms with Gasteiger partial charge in [-0.05, 0) is 82.2 Å². The minimum atomic E-state index is -0.617. The number of amides is 2. The van der Waals surface area contributed by atoms with Crippen LogP contribution in [0.25, 0.3) is 5.57 Å². The summed E-state index contributed by atoms with van der Waals surface area (Å²) in [6.45, 7) is 11.8. The first-order valence-corrected chi connectivity index (χ1v) is 12.6. The van der Waals surface area contributed by atoms with Gasteiger partial charge in [-0.2, -0.15) is 0 Å². The van der Waals surface area contributed by atoms with Crippen molar-refractivity contribution in [1.82, 2.24) is 9.80 Å². The number of nitrogens with zero attached hydrogens (tertiary/aromatic N) is 2. The van der Waals surface area contributed by atoms with Crippen LogP contribution in [0, 0.1) is 5.82 Å². The molecule has 2 aromatic rings. The fourth-order valence-electron chi connectivity index (χ4n) is 4.76. The third kappa shape index (κ3) is 5.40. The molecular weight excluding hydrogens is 459 g/mol. The van der Waals surface area contributed by atoms with Gasteiger partial charge in [0.25, 0.3) is 5.91 Å². The van der Waals surface area contributed by atoms with Gasteiger partial charge in [-0.3, -0.25) is 4.79 Å². The minimum absolute atomic E-state index is 0.00932. The van der Waals surface area contributed by atoms with Crippen LogP contribution in [0.3, 0.4) is 0 Å². The predicted molar refractivity (Wildman–Crippen MR) is 138 cm³/mol. The summed E-state index contributed by atoms with van der Waals surface area (Å²) in [5, 5.41) is 0. The van der Waals surface area contributed by atoms with Crippen molar-refractivity contribution in [2.45, 2.75) is 58.7 Å². The molecule has 0 radical (unpaired) electrons. The number of carbonyl (C=O) groups is 2. The van der Waals surface area contributed by atoms with Gasteiger partial charge in [-0.15, -0.1) is 0 Å². The zero-order chi connectivity index (χ0) is 26.1. The van der Waals surface area contributed by atoms with Crippen LogP contribution in [0.15, 0.2) is 48.5 Å². The average Bonchev–Trinajstić information content (AvgIpc) is 2.84. The number of benzene rings is 2. The Morgan fingerprint density at radius 3 is 2.28 bits per heavy atom. The first kappa shape index (κ1) is 25.7. The molecule has 0 aromatic heterocycles. The number of piperidine rings is 1. The van der Waals surface area contributed by atoms with E-state index in [1.165, 1.54) is 12.1 Å². The second kappa shape index (κ2) is 9.96. The fourth-order valence-corrected chi connectivity index (χ4v) is 4.76. The Balaban J connectivity index is 1.63. The molecule has 1 saturated heterocycles. The number of likely N-dealkylation sites (tertiary alicyclic amines) is 1. The SMILES string of the molecule is CCN(CC)C(=O)c1ccc(C2=CC3(CCN(C(=O)OC(C)(C)C)CC3)Oc3ccc(F)cc32)cc1. The van der Waals surface area contributed by atoms with Gasteiger partial charge in [-0.25, -0.2) is 9.18 Å². The lowest BCUT2D eigenvalue weighted by molar-refractivity contribution is -0.00120. The van der Waals surface area contributed by atoms with Crippen molar-refractivity contribution in [3.05, 3.63) is 71.0 Å². The summed E-state index contributed by atoms with van der Waals surface area (Å²) < 4.78 is 26.2. The van der Waals surface area contributed by atoms with Gasteiger partial charge < -0.3 is 19.3 Å². The second-order valence-corrected chi connectivity index (χ2v) is 10.4. The van der Waals surface area contributed by atoms with Gasteiger partial charge in [0.2, 0.25) is 0 Å². The van der Waals surface area contributed by atoms with Crippen LogP contribution in [0.1, 0.15) is 68.9 Å². The predicted octanol–water partition coefficient (Wildman–Crippen LogP) is 5.90. The van der Waals surface area contributed by atoms with Crippen molar-refractivity contribution in [3.63, 3.8) is 0 Å². The topological polar surface area (TPSA) is 59.1 Å². The Morgan fingerprint density at radius 1 is 1.06 bits per heavy atom. The highest BCUT2D eigenvalue weighted by Gasteiger charge is 2.41. The van der Waals surface area contributed by atoms with Gasteiger partial charge >= 0.3 is 6.09 Å². The number of hydrogen-bond donors (Lipinski definition) is 0. The van der Waals surface area contributed by atoms with Crippen LogP contribution in [-0.4, -0.2) is 59.2 Å². The van der Waals surface area contributed by atoms with E-state index in [1.807, 2.05) is 58.9 Å². The molecule has 2 aromatic carbocycles. The van der Waals surface area contributed by atoms with Crippen LogP contribution in [-0.2, 0) is 4.74 Å². The Bertz CT molecular complexity index is 1150. The van der Waals surface area contributed by atoms with E-state index in [0.717, 1.165) is 11.1 Å². The average molecular weight is 495 g/mol. The van der Waals surface area contributed by atoms with E-state index >= 15 is 0 Å². The molecule has 6 nitrogen and oxygen atoms in total. The van der Waals surface area contributed by atoms with Gasteiger partial charge in [0, 0.05) is 50.1 Å². The lowest BCUT2D eigenvalue weighted by Gasteiger charge is -2.43. The maximum atomic E-state index is 14.2. The van der Waals surface area contributed by atoms with E-state index in [1.54, 1.807) is 15.9 Å². The van der Waals surface area contributed by atoms with Crippen LogP contribution < -0.4 is 4.74 Å². The second-order valence-electron chi connectivity index (χ2n) is 10.4. The Morgan fingerprint density at radius 2 is 1.69 bits per heavy atom. The maximum absolute atomic E-state index is 14.2. The first-order chi connectivity index (χ1) is 17.0. The van der Waals surface area contributed by atoms with Gasteiger partial charge in [0.1, 0.15) is 22.8 Å². The Kier molecular flexibility index (Phi) is 7.12. The summed E-state index contributed by atoms with van der Waals surface area (Å²) in [6, 6.07) is 12.0. The molecule has 2 heterocycles. The molecule has 0 bridgehead atoms. The Hall–Kier alpha value is -3.35.